The van der Waals surface area contributed by atoms with Crippen LogP contribution in [0.5, 0.6) is 5.75 Å². The van der Waals surface area contributed by atoms with Crippen LogP contribution in [0.1, 0.15) is 47.3 Å². The first-order chi connectivity index (χ1) is 15.8. The summed E-state index contributed by atoms with van der Waals surface area (Å²) >= 11 is 6.45. The fourth-order valence-corrected chi connectivity index (χ4v) is 4.68. The van der Waals surface area contributed by atoms with Gasteiger partial charge in [-0.1, -0.05) is 49.2 Å². The summed E-state index contributed by atoms with van der Waals surface area (Å²) in [6.07, 6.45) is 1.36. The van der Waals surface area contributed by atoms with Crippen molar-refractivity contribution in [1.29, 1.82) is 0 Å². The summed E-state index contributed by atoms with van der Waals surface area (Å²) in [6, 6.07) is 12.8. The second kappa shape index (κ2) is 9.08. The number of aliphatic carboxylic acids is 1. The van der Waals surface area contributed by atoms with Gasteiger partial charge in [0.1, 0.15) is 17.0 Å². The van der Waals surface area contributed by atoms with E-state index in [9.17, 15) is 14.7 Å². The van der Waals surface area contributed by atoms with Crippen LogP contribution in [0.25, 0.3) is 10.9 Å². The first-order valence-corrected chi connectivity index (χ1v) is 11.2. The summed E-state index contributed by atoms with van der Waals surface area (Å²) < 4.78 is 12.6. The lowest BCUT2D eigenvalue weighted by atomic mass is 9.85. The number of benzene rings is 2. The third-order valence-corrected chi connectivity index (χ3v) is 6.76. The Morgan fingerprint density at radius 3 is 2.48 bits per heavy atom. The third kappa shape index (κ3) is 4.07. The number of carbonyl (C=O) groups is 2. The molecule has 1 saturated heterocycles. The fourth-order valence-electron chi connectivity index (χ4n) is 4.39. The number of ether oxygens (including phenoxy) is 2. The fraction of sp³-hybridized carbons (Fsp3) is 0.360. The molecule has 1 aromatic heterocycles. The molecule has 1 aliphatic heterocycles. The number of carboxylic acid groups (broad SMARTS) is 1. The average Bonchev–Trinajstić information content (AvgIpc) is 3.12. The Morgan fingerprint density at radius 1 is 1.24 bits per heavy atom. The van der Waals surface area contributed by atoms with Crippen molar-refractivity contribution in [2.24, 2.45) is 7.05 Å². The summed E-state index contributed by atoms with van der Waals surface area (Å²) in [5, 5.41) is 13.9. The molecule has 1 fully saturated rings. The molecule has 0 saturated carbocycles. The smallest absolute Gasteiger partial charge is 0.310 e. The van der Waals surface area contributed by atoms with Crippen molar-refractivity contribution in [2.45, 2.75) is 31.2 Å². The van der Waals surface area contributed by atoms with Crippen molar-refractivity contribution in [3.05, 3.63) is 64.3 Å². The molecule has 8 heteroatoms. The Hall–Kier alpha value is -3.03. The molecule has 33 heavy (non-hydrogen) atoms. The van der Waals surface area contributed by atoms with E-state index in [-0.39, 0.29) is 5.91 Å². The van der Waals surface area contributed by atoms with Crippen LogP contribution in [0.3, 0.4) is 0 Å². The van der Waals surface area contributed by atoms with E-state index >= 15 is 0 Å². The highest BCUT2D eigenvalue weighted by Crippen LogP contribution is 2.35. The maximum atomic E-state index is 13.3. The van der Waals surface area contributed by atoms with Gasteiger partial charge in [-0.15, -0.1) is 0 Å². The van der Waals surface area contributed by atoms with E-state index < -0.39 is 17.4 Å². The zero-order chi connectivity index (χ0) is 23.8. The van der Waals surface area contributed by atoms with E-state index in [0.29, 0.717) is 36.1 Å². The molecule has 0 spiro atoms. The van der Waals surface area contributed by atoms with E-state index in [4.69, 9.17) is 21.1 Å². The Kier molecular flexibility index (Phi) is 6.36. The van der Waals surface area contributed by atoms with Crippen LogP contribution in [0.15, 0.2) is 42.5 Å². The van der Waals surface area contributed by atoms with Gasteiger partial charge in [0, 0.05) is 12.4 Å². The average molecular weight is 471 g/mol. The number of halogens is 1. The van der Waals surface area contributed by atoms with Gasteiger partial charge in [-0.05, 0) is 35.7 Å². The van der Waals surface area contributed by atoms with Gasteiger partial charge in [-0.2, -0.15) is 0 Å². The number of rotatable bonds is 8. The molecular formula is C25H27ClN2O5. The van der Waals surface area contributed by atoms with Gasteiger partial charge in [0.2, 0.25) is 0 Å². The molecule has 2 N–H and O–H groups in total. The minimum absolute atomic E-state index is 0.245. The summed E-state index contributed by atoms with van der Waals surface area (Å²) in [7, 11) is 3.37. The second-order valence-electron chi connectivity index (χ2n) is 8.43. The van der Waals surface area contributed by atoms with Crippen molar-refractivity contribution in [2.75, 3.05) is 20.3 Å². The molecule has 7 nitrogen and oxygen atoms in total. The molecule has 3 aromatic rings. The van der Waals surface area contributed by atoms with Gasteiger partial charge >= 0.3 is 5.97 Å². The minimum Gasteiger partial charge on any atom is -0.495 e. The molecule has 0 aliphatic carbocycles. The number of aryl methyl sites for hydroxylation is 1. The Balaban J connectivity index is 1.61. The van der Waals surface area contributed by atoms with Gasteiger partial charge in [0.05, 0.1) is 36.8 Å². The summed E-state index contributed by atoms with van der Waals surface area (Å²) in [5.41, 5.74) is 2.26. The number of carboxylic acids is 1. The van der Waals surface area contributed by atoms with Crippen LogP contribution in [0, 0.1) is 0 Å². The van der Waals surface area contributed by atoms with Gasteiger partial charge in [-0.3, -0.25) is 9.59 Å². The zero-order valence-electron chi connectivity index (χ0n) is 18.9. The lowest BCUT2D eigenvalue weighted by Gasteiger charge is -2.42. The number of nitrogens with zero attached hydrogens (tertiary/aromatic N) is 1. The molecule has 1 unspecified atom stereocenters. The van der Waals surface area contributed by atoms with Crippen molar-refractivity contribution >= 4 is 34.4 Å². The van der Waals surface area contributed by atoms with E-state index in [1.165, 1.54) is 0 Å². The van der Waals surface area contributed by atoms with Crippen LogP contribution in [0.4, 0.5) is 0 Å². The number of methoxy groups -OCH3 is 1. The maximum Gasteiger partial charge on any atom is 0.310 e. The van der Waals surface area contributed by atoms with Gasteiger partial charge in [0.25, 0.3) is 5.91 Å². The first kappa shape index (κ1) is 23.1. The second-order valence-corrected chi connectivity index (χ2v) is 8.81. The van der Waals surface area contributed by atoms with Crippen LogP contribution >= 0.6 is 11.6 Å². The van der Waals surface area contributed by atoms with E-state index in [2.05, 4.69) is 5.32 Å². The van der Waals surface area contributed by atoms with Crippen molar-refractivity contribution in [1.82, 2.24) is 9.88 Å². The summed E-state index contributed by atoms with van der Waals surface area (Å²) in [5.74, 6) is -1.06. The van der Waals surface area contributed by atoms with Crippen molar-refractivity contribution in [3.8, 4) is 5.75 Å². The number of amides is 1. The molecule has 0 radical (unpaired) electrons. The van der Waals surface area contributed by atoms with Gasteiger partial charge in [-0.25, -0.2) is 0 Å². The third-order valence-electron chi connectivity index (χ3n) is 6.37. The van der Waals surface area contributed by atoms with Crippen LogP contribution in [-0.4, -0.2) is 41.9 Å². The molecule has 1 atom stereocenters. The highest BCUT2D eigenvalue weighted by Gasteiger charge is 2.42. The Morgan fingerprint density at radius 2 is 1.94 bits per heavy atom. The lowest BCUT2D eigenvalue weighted by molar-refractivity contribution is -0.139. The number of hydrogen-bond donors (Lipinski definition) is 2. The number of hydrogen-bond acceptors (Lipinski definition) is 4. The molecule has 1 aliphatic rings. The standard InChI is InChI=1S/C25H27ClN2O5/c1-4-5-17(24(30)31)15-6-8-16(9-7-15)25(13-33-14-25)27-23(29)20-12-18-19(28(20)2)10-11-21(32-3)22(18)26/h6-12,17H,4-5,13-14H2,1-3H3,(H,27,29)(H,30,31). The molecule has 4 rings (SSSR count). The largest absolute Gasteiger partial charge is 0.495 e. The van der Waals surface area contributed by atoms with E-state index in [0.717, 1.165) is 28.5 Å². The van der Waals surface area contributed by atoms with Gasteiger partial charge < -0.3 is 24.5 Å². The van der Waals surface area contributed by atoms with Gasteiger partial charge in [0.15, 0.2) is 0 Å². The number of aromatic nitrogens is 1. The number of fused-ring (bicyclic) bond motifs is 1. The van der Waals surface area contributed by atoms with Crippen molar-refractivity contribution in [3.63, 3.8) is 0 Å². The zero-order valence-corrected chi connectivity index (χ0v) is 19.6. The minimum atomic E-state index is -0.828. The summed E-state index contributed by atoms with van der Waals surface area (Å²) in [4.78, 5) is 24.9. The highest BCUT2D eigenvalue weighted by molar-refractivity contribution is 6.37. The lowest BCUT2D eigenvalue weighted by Crippen LogP contribution is -2.59. The SMILES string of the molecule is CCCC(C(=O)O)c1ccc(C2(NC(=O)c3cc4c(Cl)c(OC)ccc4n3C)COC2)cc1. The van der Waals surface area contributed by atoms with E-state index in [1.807, 2.05) is 44.3 Å². The normalized spacial score (nSPS) is 15.6. The molecule has 174 valence electrons. The number of nitrogens with one attached hydrogen (secondary N) is 1. The molecule has 0 bridgehead atoms. The quantitative estimate of drug-likeness (QED) is 0.507. The van der Waals surface area contributed by atoms with Crippen LogP contribution in [0.2, 0.25) is 5.02 Å². The highest BCUT2D eigenvalue weighted by atomic mass is 35.5. The topological polar surface area (TPSA) is 89.8 Å². The first-order valence-electron chi connectivity index (χ1n) is 10.9. The predicted octanol–water partition coefficient (Wildman–Crippen LogP) is 4.46. The summed E-state index contributed by atoms with van der Waals surface area (Å²) in [6.45, 7) is 2.65. The molecule has 1 amide bonds. The number of carbonyl (C=O) groups excluding carboxylic acids is 1. The predicted molar refractivity (Wildman–Crippen MR) is 126 cm³/mol. The van der Waals surface area contributed by atoms with Crippen molar-refractivity contribution < 1.29 is 24.2 Å². The van der Waals surface area contributed by atoms with E-state index in [1.54, 1.807) is 23.8 Å². The van der Waals surface area contributed by atoms with Crippen LogP contribution < -0.4 is 10.1 Å². The Labute approximate surface area is 197 Å². The molecule has 2 aromatic carbocycles. The monoisotopic (exact) mass is 470 g/mol. The Bertz CT molecular complexity index is 1200. The maximum absolute atomic E-state index is 13.3. The van der Waals surface area contributed by atoms with Crippen LogP contribution in [-0.2, 0) is 22.1 Å². The molecule has 2 heterocycles. The molecular weight excluding hydrogens is 444 g/mol.